The summed E-state index contributed by atoms with van der Waals surface area (Å²) in [4.78, 5) is 0.277. The number of hydrogen-bond donors (Lipinski definition) is 0. The molecule has 0 heterocycles. The fourth-order valence-electron chi connectivity index (χ4n) is 2.48. The van der Waals surface area contributed by atoms with E-state index in [0.717, 1.165) is 0 Å². The van der Waals surface area contributed by atoms with Gasteiger partial charge in [-0.3, -0.25) is 0 Å². The van der Waals surface area contributed by atoms with E-state index in [1.807, 2.05) is 0 Å². The highest BCUT2D eigenvalue weighted by molar-refractivity contribution is 9.09. The van der Waals surface area contributed by atoms with Crippen molar-refractivity contribution < 1.29 is 0 Å². The van der Waals surface area contributed by atoms with Crippen LogP contribution in [0.3, 0.4) is 0 Å². The fourth-order valence-corrected chi connectivity index (χ4v) is 3.09. The first-order valence-corrected chi connectivity index (χ1v) is 8.86. The topological polar surface area (TPSA) is 0 Å². The lowest BCUT2D eigenvalue weighted by Crippen LogP contribution is -1.95. The molecule has 2 aromatic carbocycles. The van der Waals surface area contributed by atoms with Crippen molar-refractivity contribution in [3.8, 4) is 0 Å². The molecular weight excluding hydrogens is 320 g/mol. The van der Waals surface area contributed by atoms with Gasteiger partial charge >= 0.3 is 0 Å². The lowest BCUT2D eigenvalue weighted by Gasteiger charge is -2.13. The minimum absolute atomic E-state index is 0.277. The van der Waals surface area contributed by atoms with Gasteiger partial charge in [0.1, 0.15) is 0 Å². The van der Waals surface area contributed by atoms with Crippen LogP contribution < -0.4 is 0 Å². The summed E-state index contributed by atoms with van der Waals surface area (Å²) in [5.41, 5.74) is 5.48. The van der Waals surface area contributed by atoms with Gasteiger partial charge in [-0.1, -0.05) is 91.7 Å². The van der Waals surface area contributed by atoms with Gasteiger partial charge in [-0.05, 0) is 41.0 Å². The maximum absolute atomic E-state index is 3.83. The largest absolute Gasteiger partial charge is 0.0786 e. The molecule has 0 saturated carbocycles. The first-order valence-electron chi connectivity index (χ1n) is 7.94. The van der Waals surface area contributed by atoms with Gasteiger partial charge in [-0.2, -0.15) is 0 Å². The van der Waals surface area contributed by atoms with E-state index in [0.29, 0.717) is 5.92 Å². The molecule has 1 heteroatoms. The molecule has 0 bridgehead atoms. The van der Waals surface area contributed by atoms with Crippen LogP contribution in [0.2, 0.25) is 0 Å². The Balaban J connectivity index is 2.10. The van der Waals surface area contributed by atoms with Gasteiger partial charge < -0.3 is 0 Å². The predicted molar refractivity (Wildman–Crippen MR) is 96.4 cm³/mol. The molecule has 1 unspecified atom stereocenters. The number of rotatable bonds is 6. The van der Waals surface area contributed by atoms with Crippen LogP contribution in [-0.2, 0) is 6.42 Å². The number of benzene rings is 2. The lowest BCUT2D eigenvalue weighted by atomic mass is 9.98. The van der Waals surface area contributed by atoms with Crippen molar-refractivity contribution >= 4 is 15.9 Å². The van der Waals surface area contributed by atoms with Crippen molar-refractivity contribution in [1.29, 1.82) is 0 Å². The smallest absolute Gasteiger partial charge is 0.0644 e. The Hall–Kier alpha value is -1.08. The van der Waals surface area contributed by atoms with Crippen LogP contribution in [0.15, 0.2) is 48.5 Å². The Labute approximate surface area is 137 Å². The molecule has 0 N–H and O–H groups in total. The summed E-state index contributed by atoms with van der Waals surface area (Å²) in [5, 5.41) is 0. The summed E-state index contributed by atoms with van der Waals surface area (Å²) in [6.45, 7) is 6.70. The second kappa shape index (κ2) is 7.79. The Bertz CT molecular complexity index is 537. The summed E-state index contributed by atoms with van der Waals surface area (Å²) in [7, 11) is 0. The molecule has 0 aliphatic heterocycles. The monoisotopic (exact) mass is 344 g/mol. The quantitative estimate of drug-likeness (QED) is 0.515. The van der Waals surface area contributed by atoms with E-state index in [-0.39, 0.29) is 4.83 Å². The van der Waals surface area contributed by atoms with Crippen molar-refractivity contribution in [2.75, 3.05) is 0 Å². The second-order valence-corrected chi connectivity index (χ2v) is 6.94. The maximum Gasteiger partial charge on any atom is 0.0644 e. The van der Waals surface area contributed by atoms with Crippen LogP contribution in [0, 0.1) is 0 Å². The van der Waals surface area contributed by atoms with Gasteiger partial charge in [-0.25, -0.2) is 0 Å². The fraction of sp³-hybridized carbons (Fsp3) is 0.400. The lowest BCUT2D eigenvalue weighted by molar-refractivity contribution is 0.795. The molecule has 21 heavy (non-hydrogen) atoms. The summed E-state index contributed by atoms with van der Waals surface area (Å²) in [5.74, 6) is 0.589. The molecule has 0 saturated heterocycles. The Morgan fingerprint density at radius 3 is 1.76 bits per heavy atom. The van der Waals surface area contributed by atoms with E-state index in [9.17, 15) is 0 Å². The molecule has 112 valence electrons. The van der Waals surface area contributed by atoms with E-state index >= 15 is 0 Å². The summed E-state index contributed by atoms with van der Waals surface area (Å²) >= 11 is 3.83. The summed E-state index contributed by atoms with van der Waals surface area (Å²) in [6, 6.07) is 18.0. The number of alkyl halides is 1. The standard InChI is InChI=1S/C20H25Br/c1-4-5-6-16-7-9-18(10-8-16)20(21)19-13-11-17(12-14-19)15(2)3/h7-15,20H,4-6H2,1-3H3. The highest BCUT2D eigenvalue weighted by Gasteiger charge is 2.10. The molecule has 1 atom stereocenters. The zero-order valence-corrected chi connectivity index (χ0v) is 14.9. The van der Waals surface area contributed by atoms with E-state index < -0.39 is 0 Å². The van der Waals surface area contributed by atoms with Crippen molar-refractivity contribution in [1.82, 2.24) is 0 Å². The minimum Gasteiger partial charge on any atom is -0.0786 e. The normalized spacial score (nSPS) is 12.6. The van der Waals surface area contributed by atoms with Crippen LogP contribution in [-0.4, -0.2) is 0 Å². The van der Waals surface area contributed by atoms with Crippen molar-refractivity contribution in [2.24, 2.45) is 0 Å². The molecule has 0 spiro atoms. The molecule has 0 aromatic heterocycles. The van der Waals surface area contributed by atoms with Crippen LogP contribution >= 0.6 is 15.9 Å². The third-order valence-corrected chi connectivity index (χ3v) is 5.04. The van der Waals surface area contributed by atoms with Gasteiger partial charge in [0.2, 0.25) is 0 Å². The van der Waals surface area contributed by atoms with Crippen LogP contribution in [0.4, 0.5) is 0 Å². The summed E-state index contributed by atoms with van der Waals surface area (Å²) < 4.78 is 0. The summed E-state index contributed by atoms with van der Waals surface area (Å²) in [6.07, 6.45) is 3.71. The Morgan fingerprint density at radius 2 is 1.29 bits per heavy atom. The number of aryl methyl sites for hydroxylation is 1. The van der Waals surface area contributed by atoms with Gasteiger partial charge in [-0.15, -0.1) is 0 Å². The first kappa shape index (κ1) is 16.3. The number of unbranched alkanes of at least 4 members (excludes halogenated alkanes) is 1. The van der Waals surface area contributed by atoms with Crippen LogP contribution in [0.25, 0.3) is 0 Å². The third-order valence-electron chi connectivity index (χ3n) is 3.99. The van der Waals surface area contributed by atoms with Crippen molar-refractivity contribution in [3.05, 3.63) is 70.8 Å². The molecule has 0 aliphatic rings. The average Bonchev–Trinajstić information content (AvgIpc) is 2.53. The number of halogens is 1. The van der Waals surface area contributed by atoms with Gasteiger partial charge in [0, 0.05) is 0 Å². The zero-order chi connectivity index (χ0) is 15.2. The van der Waals surface area contributed by atoms with E-state index in [1.165, 1.54) is 41.5 Å². The SMILES string of the molecule is CCCCc1ccc(C(Br)c2ccc(C(C)C)cc2)cc1. The molecule has 0 radical (unpaired) electrons. The predicted octanol–water partition coefficient (Wildman–Crippen LogP) is 6.64. The minimum atomic E-state index is 0.277. The molecule has 2 aromatic rings. The second-order valence-electron chi connectivity index (χ2n) is 6.03. The third kappa shape index (κ3) is 4.44. The molecular formula is C20H25Br. The maximum atomic E-state index is 3.83. The Morgan fingerprint density at radius 1 is 0.810 bits per heavy atom. The van der Waals surface area contributed by atoms with Crippen molar-refractivity contribution in [3.63, 3.8) is 0 Å². The van der Waals surface area contributed by atoms with Gasteiger partial charge in [0.05, 0.1) is 4.83 Å². The van der Waals surface area contributed by atoms with Crippen LogP contribution in [0.5, 0.6) is 0 Å². The highest BCUT2D eigenvalue weighted by atomic mass is 79.9. The van der Waals surface area contributed by atoms with E-state index in [2.05, 4.69) is 85.2 Å². The van der Waals surface area contributed by atoms with Gasteiger partial charge in [0.15, 0.2) is 0 Å². The molecule has 0 amide bonds. The molecule has 0 aliphatic carbocycles. The average molecular weight is 345 g/mol. The molecule has 0 nitrogen and oxygen atoms in total. The van der Waals surface area contributed by atoms with Crippen LogP contribution in [0.1, 0.15) is 66.6 Å². The van der Waals surface area contributed by atoms with E-state index in [1.54, 1.807) is 0 Å². The Kier molecular flexibility index (Phi) is 6.05. The first-order chi connectivity index (χ1) is 10.1. The van der Waals surface area contributed by atoms with E-state index in [4.69, 9.17) is 0 Å². The molecule has 2 rings (SSSR count). The highest BCUT2D eigenvalue weighted by Crippen LogP contribution is 2.31. The van der Waals surface area contributed by atoms with Crippen molar-refractivity contribution in [2.45, 2.75) is 50.8 Å². The molecule has 0 fully saturated rings. The van der Waals surface area contributed by atoms with Gasteiger partial charge in [0.25, 0.3) is 0 Å². The zero-order valence-electron chi connectivity index (χ0n) is 13.3. The number of hydrogen-bond acceptors (Lipinski definition) is 0.